The van der Waals surface area contributed by atoms with E-state index < -0.39 is 6.17 Å². The van der Waals surface area contributed by atoms with Crippen molar-refractivity contribution in [3.63, 3.8) is 0 Å². The summed E-state index contributed by atoms with van der Waals surface area (Å²) in [6.07, 6.45) is 5.90. The molecule has 10 heteroatoms. The summed E-state index contributed by atoms with van der Waals surface area (Å²) in [4.78, 5) is 17.1. The highest BCUT2D eigenvalue weighted by Gasteiger charge is 2.33. The average molecular weight is 386 g/mol. The van der Waals surface area contributed by atoms with E-state index in [-0.39, 0.29) is 5.91 Å². The minimum absolute atomic E-state index is 0.320. The van der Waals surface area contributed by atoms with Gasteiger partial charge in [-0.25, -0.2) is 10.4 Å². The number of aliphatic imine (C=N–C) groups is 1. The number of methoxy groups -OCH3 is 1. The average Bonchev–Trinajstić information content (AvgIpc) is 3.24. The molecule has 4 rings (SSSR count). The number of carbonyl (C=O) groups is 1. The van der Waals surface area contributed by atoms with E-state index in [1.807, 2.05) is 0 Å². The Bertz CT molecular complexity index is 995. The first-order valence-corrected chi connectivity index (χ1v) is 8.41. The number of H-pyrrole nitrogens is 1. The number of nitrogens with one attached hydrogen (secondary N) is 3. The summed E-state index contributed by atoms with van der Waals surface area (Å²) >= 11 is 6.11. The Morgan fingerprint density at radius 1 is 1.44 bits per heavy atom. The molecule has 2 aromatic rings. The minimum atomic E-state index is -0.684. The van der Waals surface area contributed by atoms with E-state index in [4.69, 9.17) is 22.1 Å². The SMILES string of the molecule is COc1ccc(Cl)cc1-c1[nH]ncc1NC(=O)C1=C2N=CC=CN2NC1N. The number of aromatic amines is 1. The van der Waals surface area contributed by atoms with Crippen molar-refractivity contribution in [3.8, 4) is 17.0 Å². The maximum Gasteiger partial charge on any atom is 0.258 e. The highest BCUT2D eigenvalue weighted by Crippen LogP contribution is 2.35. The molecule has 2 aliphatic rings. The fourth-order valence-corrected chi connectivity index (χ4v) is 3.09. The fraction of sp³-hybridized carbons (Fsp3) is 0.118. The Hall–Kier alpha value is -3.14. The Morgan fingerprint density at radius 2 is 2.30 bits per heavy atom. The van der Waals surface area contributed by atoms with Crippen molar-refractivity contribution in [1.82, 2.24) is 20.6 Å². The first kappa shape index (κ1) is 17.3. The van der Waals surface area contributed by atoms with Crippen LogP contribution < -0.4 is 21.2 Å². The molecule has 0 fully saturated rings. The molecule has 1 unspecified atom stereocenters. The maximum atomic E-state index is 12.9. The van der Waals surface area contributed by atoms with Crippen LogP contribution in [0.5, 0.6) is 5.75 Å². The standard InChI is InChI=1S/C17H16ClN7O2/c1-27-12-4-3-9(18)7-10(12)14-11(8-21-23-14)22-17(26)13-15(19)24-25-6-2-5-20-16(13)25/h2-8,15,24H,19H2,1H3,(H,21,23)(H,22,26). The monoisotopic (exact) mass is 385 g/mol. The Labute approximate surface area is 159 Å². The summed E-state index contributed by atoms with van der Waals surface area (Å²) in [6, 6.07) is 5.19. The van der Waals surface area contributed by atoms with Crippen molar-refractivity contribution in [3.05, 3.63) is 53.1 Å². The van der Waals surface area contributed by atoms with Gasteiger partial charge in [-0.05, 0) is 24.3 Å². The highest BCUT2D eigenvalue weighted by molar-refractivity contribution is 6.31. The van der Waals surface area contributed by atoms with Crippen LogP contribution in [0.4, 0.5) is 5.69 Å². The Kier molecular flexibility index (Phi) is 4.40. The number of aromatic nitrogens is 2. The van der Waals surface area contributed by atoms with Gasteiger partial charge in [-0.2, -0.15) is 5.10 Å². The third-order valence-corrected chi connectivity index (χ3v) is 4.37. The van der Waals surface area contributed by atoms with E-state index >= 15 is 0 Å². The number of hydrogen-bond acceptors (Lipinski definition) is 7. The molecule has 1 aromatic heterocycles. The molecule has 27 heavy (non-hydrogen) atoms. The van der Waals surface area contributed by atoms with E-state index in [1.54, 1.807) is 48.8 Å². The molecule has 0 saturated heterocycles. The van der Waals surface area contributed by atoms with Crippen molar-refractivity contribution < 1.29 is 9.53 Å². The van der Waals surface area contributed by atoms with Crippen molar-refractivity contribution >= 4 is 29.4 Å². The Morgan fingerprint density at radius 3 is 3.11 bits per heavy atom. The van der Waals surface area contributed by atoms with E-state index in [0.717, 1.165) is 0 Å². The number of benzene rings is 1. The number of fused-ring (bicyclic) bond motifs is 1. The summed E-state index contributed by atoms with van der Waals surface area (Å²) in [6.45, 7) is 0. The molecule has 3 heterocycles. The first-order chi connectivity index (χ1) is 13.1. The van der Waals surface area contributed by atoms with Gasteiger partial charge in [0.25, 0.3) is 5.91 Å². The van der Waals surface area contributed by atoms with Crippen molar-refractivity contribution in [2.75, 3.05) is 12.4 Å². The van der Waals surface area contributed by atoms with Crippen LogP contribution in [0.3, 0.4) is 0 Å². The van der Waals surface area contributed by atoms with Gasteiger partial charge in [0, 0.05) is 23.0 Å². The van der Waals surface area contributed by atoms with Crippen LogP contribution in [0.2, 0.25) is 5.02 Å². The molecule has 0 bridgehead atoms. The van der Waals surface area contributed by atoms with Crippen LogP contribution in [0, 0.1) is 0 Å². The van der Waals surface area contributed by atoms with Gasteiger partial charge < -0.3 is 15.8 Å². The zero-order valence-electron chi connectivity index (χ0n) is 14.2. The van der Waals surface area contributed by atoms with Gasteiger partial charge >= 0.3 is 0 Å². The lowest BCUT2D eigenvalue weighted by Crippen LogP contribution is -2.42. The predicted molar refractivity (Wildman–Crippen MR) is 102 cm³/mol. The number of allylic oxidation sites excluding steroid dienone is 1. The summed E-state index contributed by atoms with van der Waals surface area (Å²) in [5.74, 6) is 0.657. The van der Waals surface area contributed by atoms with Crippen molar-refractivity contribution in [2.45, 2.75) is 6.17 Å². The molecule has 1 amide bonds. The molecule has 0 radical (unpaired) electrons. The van der Waals surface area contributed by atoms with Crippen LogP contribution in [-0.4, -0.2) is 40.6 Å². The molecular weight excluding hydrogens is 370 g/mol. The number of hydrogen-bond donors (Lipinski definition) is 4. The highest BCUT2D eigenvalue weighted by atomic mass is 35.5. The lowest BCUT2D eigenvalue weighted by Gasteiger charge is -2.16. The second kappa shape index (κ2) is 6.88. The molecule has 9 nitrogen and oxygen atoms in total. The summed E-state index contributed by atoms with van der Waals surface area (Å²) in [5.41, 5.74) is 11.0. The van der Waals surface area contributed by atoms with Crippen molar-refractivity contribution in [1.29, 1.82) is 0 Å². The van der Waals surface area contributed by atoms with Gasteiger partial charge in [-0.15, -0.1) is 0 Å². The molecule has 5 N–H and O–H groups in total. The molecule has 2 aliphatic heterocycles. The first-order valence-electron chi connectivity index (χ1n) is 8.03. The van der Waals surface area contributed by atoms with E-state index in [1.165, 1.54) is 6.20 Å². The molecule has 1 atom stereocenters. The maximum absolute atomic E-state index is 12.9. The van der Waals surface area contributed by atoms with Crippen molar-refractivity contribution in [2.24, 2.45) is 10.7 Å². The lowest BCUT2D eigenvalue weighted by atomic mass is 10.1. The van der Waals surface area contributed by atoms with E-state index in [2.05, 4.69) is 25.9 Å². The number of amides is 1. The van der Waals surface area contributed by atoms with Crippen LogP contribution in [0.15, 0.2) is 53.1 Å². The molecule has 138 valence electrons. The second-order valence-corrected chi connectivity index (χ2v) is 6.23. The van der Waals surface area contributed by atoms with Gasteiger partial charge in [-0.1, -0.05) is 11.6 Å². The molecule has 0 aliphatic carbocycles. The Balaban J connectivity index is 1.67. The van der Waals surface area contributed by atoms with E-state index in [0.29, 0.717) is 39.1 Å². The largest absolute Gasteiger partial charge is 0.496 e. The normalized spacial score (nSPS) is 18.0. The van der Waals surface area contributed by atoms with Gasteiger partial charge in [0.2, 0.25) is 0 Å². The van der Waals surface area contributed by atoms with Gasteiger partial charge in [0.15, 0.2) is 5.82 Å². The zero-order chi connectivity index (χ0) is 19.0. The molecular formula is C17H16ClN7O2. The summed E-state index contributed by atoms with van der Waals surface area (Å²) in [5, 5.41) is 11.9. The van der Waals surface area contributed by atoms with Gasteiger partial charge in [0.1, 0.15) is 11.9 Å². The quantitative estimate of drug-likeness (QED) is 0.634. The molecule has 0 saturated carbocycles. The second-order valence-electron chi connectivity index (χ2n) is 5.79. The van der Waals surface area contributed by atoms with Gasteiger partial charge in [-0.3, -0.25) is 14.9 Å². The zero-order valence-corrected chi connectivity index (χ0v) is 15.0. The van der Waals surface area contributed by atoms with Crippen LogP contribution in [0.1, 0.15) is 0 Å². The number of halogens is 1. The fourth-order valence-electron chi connectivity index (χ4n) is 2.92. The topological polar surface area (TPSA) is 121 Å². The number of anilines is 1. The number of carbonyl (C=O) groups excluding carboxylic acids is 1. The summed E-state index contributed by atoms with van der Waals surface area (Å²) < 4.78 is 5.38. The molecule has 0 spiro atoms. The third-order valence-electron chi connectivity index (χ3n) is 4.14. The van der Waals surface area contributed by atoms with E-state index in [9.17, 15) is 4.79 Å². The number of ether oxygens (including phenoxy) is 1. The summed E-state index contributed by atoms with van der Waals surface area (Å²) in [7, 11) is 1.56. The lowest BCUT2D eigenvalue weighted by molar-refractivity contribution is -0.113. The van der Waals surface area contributed by atoms with Crippen LogP contribution in [0.25, 0.3) is 11.3 Å². The molecule has 1 aromatic carbocycles. The number of rotatable bonds is 4. The predicted octanol–water partition coefficient (Wildman–Crippen LogP) is 1.59. The van der Waals surface area contributed by atoms with Gasteiger partial charge in [0.05, 0.1) is 30.3 Å². The number of nitrogens with two attached hydrogens (primary N) is 1. The van der Waals surface area contributed by atoms with Crippen LogP contribution in [-0.2, 0) is 4.79 Å². The third kappa shape index (κ3) is 3.08. The number of nitrogens with zero attached hydrogens (tertiary/aromatic N) is 3. The minimum Gasteiger partial charge on any atom is -0.496 e. The van der Waals surface area contributed by atoms with Crippen LogP contribution >= 0.6 is 11.6 Å². The smallest absolute Gasteiger partial charge is 0.258 e. The number of hydrazine groups is 1.